The van der Waals surface area contributed by atoms with E-state index < -0.39 is 0 Å². The summed E-state index contributed by atoms with van der Waals surface area (Å²) in [5.74, 6) is 1.99. The maximum absolute atomic E-state index is 9.76. The molecule has 1 atom stereocenters. The van der Waals surface area contributed by atoms with Crippen molar-refractivity contribution in [2.24, 2.45) is 0 Å². The highest BCUT2D eigenvalue weighted by Crippen LogP contribution is 2.43. The molecular weight excluding hydrogens is 368 g/mol. The Balaban J connectivity index is 1.53. The fraction of sp³-hybridized carbons (Fsp3) is 0.476. The molecule has 29 heavy (non-hydrogen) atoms. The SMILES string of the molecule is COc1cc2ncc(-c3ccc(CO)c(NC4CCCNC4)n3)n2nc1C1CC1. The Morgan fingerprint density at radius 3 is 2.93 bits per heavy atom. The second-order valence-corrected chi connectivity index (χ2v) is 7.84. The van der Waals surface area contributed by atoms with Crippen LogP contribution in [0.4, 0.5) is 5.82 Å². The van der Waals surface area contributed by atoms with Crippen molar-refractivity contribution in [2.45, 2.75) is 44.2 Å². The first kappa shape index (κ1) is 18.3. The third kappa shape index (κ3) is 3.54. The van der Waals surface area contributed by atoms with E-state index in [1.165, 1.54) is 0 Å². The summed E-state index contributed by atoms with van der Waals surface area (Å²) in [4.78, 5) is 9.35. The molecule has 3 aromatic rings. The van der Waals surface area contributed by atoms with Gasteiger partial charge >= 0.3 is 0 Å². The molecule has 3 aromatic heterocycles. The van der Waals surface area contributed by atoms with Gasteiger partial charge in [0.05, 0.1) is 25.6 Å². The Hall–Kier alpha value is -2.71. The molecule has 1 saturated heterocycles. The Morgan fingerprint density at radius 2 is 2.21 bits per heavy atom. The molecule has 8 nitrogen and oxygen atoms in total. The van der Waals surface area contributed by atoms with Crippen LogP contribution in [0.15, 0.2) is 24.4 Å². The highest BCUT2D eigenvalue weighted by molar-refractivity contribution is 5.64. The second-order valence-electron chi connectivity index (χ2n) is 7.84. The molecular formula is C21H26N6O2. The zero-order valence-corrected chi connectivity index (χ0v) is 16.6. The number of aromatic nitrogens is 4. The standard InChI is InChI=1S/C21H26N6O2/c1-29-18-9-19-23-11-17(27(19)26-20(18)13-4-5-13)16-7-6-14(12-28)21(25-16)24-15-3-2-8-22-10-15/h6-7,9,11,13,15,22,28H,2-5,8,10,12H2,1H3,(H,24,25). The summed E-state index contributed by atoms with van der Waals surface area (Å²) in [5, 5.41) is 21.5. The van der Waals surface area contributed by atoms with Gasteiger partial charge in [-0.2, -0.15) is 5.10 Å². The lowest BCUT2D eigenvalue weighted by Crippen LogP contribution is -2.38. The van der Waals surface area contributed by atoms with Crippen molar-refractivity contribution >= 4 is 11.5 Å². The Bertz CT molecular complexity index is 1020. The molecule has 4 heterocycles. The summed E-state index contributed by atoms with van der Waals surface area (Å²) in [7, 11) is 1.68. The van der Waals surface area contributed by atoms with Crippen molar-refractivity contribution in [1.82, 2.24) is 24.9 Å². The van der Waals surface area contributed by atoms with Crippen LogP contribution in [0.5, 0.6) is 5.75 Å². The maximum atomic E-state index is 9.76. The lowest BCUT2D eigenvalue weighted by molar-refractivity contribution is 0.282. The normalized spacial score (nSPS) is 19.4. The van der Waals surface area contributed by atoms with Gasteiger partial charge < -0.3 is 20.5 Å². The van der Waals surface area contributed by atoms with E-state index in [2.05, 4.69) is 15.6 Å². The van der Waals surface area contributed by atoms with Crippen LogP contribution in [-0.2, 0) is 6.61 Å². The Morgan fingerprint density at radius 1 is 1.31 bits per heavy atom. The minimum Gasteiger partial charge on any atom is -0.495 e. The van der Waals surface area contributed by atoms with Crippen LogP contribution in [0.1, 0.15) is 42.9 Å². The molecule has 1 saturated carbocycles. The minimum atomic E-state index is -0.0514. The average Bonchev–Trinajstić information content (AvgIpc) is 3.53. The zero-order chi connectivity index (χ0) is 19.8. The maximum Gasteiger partial charge on any atom is 0.157 e. The Labute approximate surface area is 169 Å². The van der Waals surface area contributed by atoms with Crippen molar-refractivity contribution < 1.29 is 9.84 Å². The van der Waals surface area contributed by atoms with Gasteiger partial charge in [-0.25, -0.2) is 14.5 Å². The number of ether oxygens (including phenoxy) is 1. The van der Waals surface area contributed by atoms with Crippen molar-refractivity contribution in [3.8, 4) is 17.1 Å². The van der Waals surface area contributed by atoms with Crippen LogP contribution in [0.25, 0.3) is 17.0 Å². The highest BCUT2D eigenvalue weighted by Gasteiger charge is 2.30. The first-order valence-electron chi connectivity index (χ1n) is 10.3. The molecule has 3 N–H and O–H groups in total. The van der Waals surface area contributed by atoms with Gasteiger partial charge in [0.25, 0.3) is 0 Å². The van der Waals surface area contributed by atoms with Crippen molar-refractivity contribution in [2.75, 3.05) is 25.5 Å². The predicted octanol–water partition coefficient (Wildman–Crippen LogP) is 2.33. The monoisotopic (exact) mass is 394 g/mol. The van der Waals surface area contributed by atoms with Gasteiger partial charge in [0.15, 0.2) is 5.65 Å². The first-order chi connectivity index (χ1) is 14.3. The number of piperidine rings is 1. The van der Waals surface area contributed by atoms with E-state index >= 15 is 0 Å². The van der Waals surface area contributed by atoms with Crippen LogP contribution in [0, 0.1) is 0 Å². The number of hydrogen-bond acceptors (Lipinski definition) is 7. The number of aliphatic hydroxyl groups is 1. The molecule has 5 rings (SSSR count). The number of pyridine rings is 1. The molecule has 1 aliphatic carbocycles. The van der Waals surface area contributed by atoms with Gasteiger partial charge in [-0.05, 0) is 38.3 Å². The molecule has 1 aliphatic heterocycles. The topological polar surface area (TPSA) is 96.6 Å². The van der Waals surface area contributed by atoms with Crippen LogP contribution >= 0.6 is 0 Å². The van der Waals surface area contributed by atoms with E-state index in [0.717, 1.165) is 78.6 Å². The lowest BCUT2D eigenvalue weighted by atomic mass is 10.1. The lowest BCUT2D eigenvalue weighted by Gasteiger charge is -2.25. The van der Waals surface area contributed by atoms with Gasteiger partial charge in [-0.15, -0.1) is 0 Å². The molecule has 0 bridgehead atoms. The van der Waals surface area contributed by atoms with Crippen LogP contribution in [0.3, 0.4) is 0 Å². The number of anilines is 1. The van der Waals surface area contributed by atoms with E-state index in [1.54, 1.807) is 13.3 Å². The summed E-state index contributed by atoms with van der Waals surface area (Å²) in [6.07, 6.45) is 6.31. The Kier molecular flexibility index (Phi) is 4.81. The molecule has 8 heteroatoms. The number of imidazole rings is 1. The summed E-state index contributed by atoms with van der Waals surface area (Å²) >= 11 is 0. The molecule has 0 spiro atoms. The summed E-state index contributed by atoms with van der Waals surface area (Å²) in [6.45, 7) is 1.90. The van der Waals surface area contributed by atoms with E-state index in [9.17, 15) is 5.11 Å². The summed E-state index contributed by atoms with van der Waals surface area (Å²) in [5.41, 5.74) is 4.12. The highest BCUT2D eigenvalue weighted by atomic mass is 16.5. The molecule has 0 amide bonds. The molecule has 2 aliphatic rings. The fourth-order valence-electron chi connectivity index (χ4n) is 3.94. The molecule has 1 unspecified atom stereocenters. The molecule has 2 fully saturated rings. The number of hydrogen-bond donors (Lipinski definition) is 3. The molecule has 0 radical (unpaired) electrons. The number of methoxy groups -OCH3 is 1. The second kappa shape index (κ2) is 7.61. The smallest absolute Gasteiger partial charge is 0.157 e. The van der Waals surface area contributed by atoms with E-state index in [1.807, 2.05) is 22.7 Å². The zero-order valence-electron chi connectivity index (χ0n) is 16.6. The molecule has 0 aromatic carbocycles. The summed E-state index contributed by atoms with van der Waals surface area (Å²) in [6, 6.07) is 6.09. The van der Waals surface area contributed by atoms with Gasteiger partial charge in [-0.1, -0.05) is 6.07 Å². The van der Waals surface area contributed by atoms with E-state index in [0.29, 0.717) is 12.0 Å². The number of rotatable bonds is 6. The third-order valence-electron chi connectivity index (χ3n) is 5.72. The average molecular weight is 394 g/mol. The number of nitrogens with one attached hydrogen (secondary N) is 2. The van der Waals surface area contributed by atoms with Gasteiger partial charge in [0, 0.05) is 30.1 Å². The molecule has 152 valence electrons. The van der Waals surface area contributed by atoms with E-state index in [-0.39, 0.29) is 6.61 Å². The third-order valence-corrected chi connectivity index (χ3v) is 5.72. The number of nitrogens with zero attached hydrogens (tertiary/aromatic N) is 4. The number of fused-ring (bicyclic) bond motifs is 1. The van der Waals surface area contributed by atoms with Crippen LogP contribution in [-0.4, -0.2) is 50.9 Å². The number of aliphatic hydroxyl groups excluding tert-OH is 1. The van der Waals surface area contributed by atoms with Gasteiger partial charge in [0.1, 0.15) is 23.0 Å². The predicted molar refractivity (Wildman–Crippen MR) is 110 cm³/mol. The fourth-order valence-corrected chi connectivity index (χ4v) is 3.94. The van der Waals surface area contributed by atoms with Crippen LogP contribution < -0.4 is 15.4 Å². The minimum absolute atomic E-state index is 0.0514. The largest absolute Gasteiger partial charge is 0.495 e. The van der Waals surface area contributed by atoms with Crippen LogP contribution in [0.2, 0.25) is 0 Å². The van der Waals surface area contributed by atoms with E-state index in [4.69, 9.17) is 14.8 Å². The van der Waals surface area contributed by atoms with Gasteiger partial charge in [-0.3, -0.25) is 0 Å². The van der Waals surface area contributed by atoms with Crippen molar-refractivity contribution in [1.29, 1.82) is 0 Å². The first-order valence-corrected chi connectivity index (χ1v) is 10.3. The van der Waals surface area contributed by atoms with Crippen molar-refractivity contribution in [3.05, 3.63) is 35.7 Å². The van der Waals surface area contributed by atoms with Gasteiger partial charge in [0.2, 0.25) is 0 Å². The summed E-state index contributed by atoms with van der Waals surface area (Å²) < 4.78 is 7.38. The quantitative estimate of drug-likeness (QED) is 0.590. The van der Waals surface area contributed by atoms with Crippen molar-refractivity contribution in [3.63, 3.8) is 0 Å².